The Kier molecular flexibility index (Phi) is 5.71. The van der Waals surface area contributed by atoms with Gasteiger partial charge in [0.05, 0.1) is 20.3 Å². The molecule has 2 aromatic rings. The van der Waals surface area contributed by atoms with Gasteiger partial charge in [0.15, 0.2) is 11.5 Å². The summed E-state index contributed by atoms with van der Waals surface area (Å²) in [5.41, 5.74) is 8.33. The van der Waals surface area contributed by atoms with Crippen molar-refractivity contribution in [3.63, 3.8) is 0 Å². The van der Waals surface area contributed by atoms with E-state index in [1.54, 1.807) is 14.2 Å². The van der Waals surface area contributed by atoms with Crippen LogP contribution in [0.5, 0.6) is 11.5 Å². The summed E-state index contributed by atoms with van der Waals surface area (Å²) >= 11 is 10.6. The number of benzene rings is 2. The zero-order valence-electron chi connectivity index (χ0n) is 11.5. The van der Waals surface area contributed by atoms with Crippen LogP contribution in [0.15, 0.2) is 43.7 Å². The summed E-state index contributed by atoms with van der Waals surface area (Å²) < 4.78 is 13.4. The third kappa shape index (κ3) is 3.62. The number of nitrogens with two attached hydrogens (primary N) is 1. The Labute approximate surface area is 149 Å². The van der Waals surface area contributed by atoms with Crippen LogP contribution >= 0.6 is 47.8 Å². The summed E-state index contributed by atoms with van der Waals surface area (Å²) in [6, 6.07) is 9.38. The minimum Gasteiger partial charge on any atom is -0.493 e. The molecule has 0 aromatic heterocycles. The van der Waals surface area contributed by atoms with Gasteiger partial charge >= 0.3 is 0 Å². The molecule has 0 radical (unpaired) electrons. The highest BCUT2D eigenvalue weighted by molar-refractivity contribution is 9.11. The van der Waals surface area contributed by atoms with Gasteiger partial charge in [-0.15, -0.1) is 0 Å². The fraction of sp³-hybridized carbons (Fsp3) is 0.200. The lowest BCUT2D eigenvalue weighted by atomic mass is 9.99. The molecule has 2 N–H and O–H groups in total. The van der Waals surface area contributed by atoms with Crippen LogP contribution in [-0.4, -0.2) is 14.2 Å². The standard InChI is InChI=1S/C15H14Br3NO2/c1-20-13-6-10(12(18)7-14(13)21-2)15(19)9-5-8(16)3-4-11(9)17/h3-7,15H,19H2,1-2H3. The maximum absolute atomic E-state index is 6.42. The Morgan fingerprint density at radius 2 is 1.43 bits per heavy atom. The normalized spacial score (nSPS) is 12.1. The van der Waals surface area contributed by atoms with Gasteiger partial charge in [-0.3, -0.25) is 0 Å². The molecule has 0 saturated carbocycles. The Morgan fingerprint density at radius 1 is 0.857 bits per heavy atom. The molecule has 0 aliphatic carbocycles. The summed E-state index contributed by atoms with van der Waals surface area (Å²) in [7, 11) is 3.21. The molecule has 0 aliphatic rings. The molecule has 0 amide bonds. The van der Waals surface area contributed by atoms with Gasteiger partial charge in [-0.05, 0) is 41.5 Å². The SMILES string of the molecule is COc1cc(Br)c(C(N)c2cc(Br)ccc2Br)cc1OC. The summed E-state index contributed by atoms with van der Waals surface area (Å²) in [6.07, 6.45) is 0. The molecule has 1 atom stereocenters. The number of rotatable bonds is 4. The molecule has 0 aliphatic heterocycles. The van der Waals surface area contributed by atoms with Crippen molar-refractivity contribution >= 4 is 47.8 Å². The second-order valence-corrected chi connectivity index (χ2v) is 7.00. The van der Waals surface area contributed by atoms with E-state index in [9.17, 15) is 0 Å². The first kappa shape index (κ1) is 16.8. The average molecular weight is 480 g/mol. The first-order valence-corrected chi connectivity index (χ1v) is 8.47. The van der Waals surface area contributed by atoms with E-state index in [4.69, 9.17) is 15.2 Å². The Balaban J connectivity index is 2.52. The molecule has 3 nitrogen and oxygen atoms in total. The fourth-order valence-electron chi connectivity index (χ4n) is 2.03. The zero-order chi connectivity index (χ0) is 15.6. The first-order valence-electron chi connectivity index (χ1n) is 6.10. The molecule has 0 heterocycles. The average Bonchev–Trinajstić information content (AvgIpc) is 2.48. The van der Waals surface area contributed by atoms with E-state index >= 15 is 0 Å². The smallest absolute Gasteiger partial charge is 0.161 e. The molecule has 2 rings (SSSR count). The van der Waals surface area contributed by atoms with Crippen LogP contribution in [0.2, 0.25) is 0 Å². The minimum atomic E-state index is -0.300. The predicted octanol–water partition coefficient (Wildman–Crippen LogP) is 5.04. The molecule has 0 bridgehead atoms. The molecule has 2 aromatic carbocycles. The Bertz CT molecular complexity index is 662. The van der Waals surface area contributed by atoms with Crippen LogP contribution in [0.3, 0.4) is 0 Å². The van der Waals surface area contributed by atoms with Gasteiger partial charge in [0, 0.05) is 13.4 Å². The summed E-state index contributed by atoms with van der Waals surface area (Å²) in [5, 5.41) is 0. The van der Waals surface area contributed by atoms with Gasteiger partial charge in [0.25, 0.3) is 0 Å². The molecule has 0 spiro atoms. The van der Waals surface area contributed by atoms with E-state index in [0.717, 1.165) is 24.5 Å². The molecule has 0 fully saturated rings. The number of halogens is 3. The predicted molar refractivity (Wildman–Crippen MR) is 95.1 cm³/mol. The Hall–Kier alpha value is -0.560. The van der Waals surface area contributed by atoms with E-state index in [1.165, 1.54) is 0 Å². The lowest BCUT2D eigenvalue weighted by molar-refractivity contribution is 0.354. The minimum absolute atomic E-state index is 0.300. The van der Waals surface area contributed by atoms with E-state index in [0.29, 0.717) is 11.5 Å². The first-order chi connectivity index (χ1) is 9.97. The molecule has 0 saturated heterocycles. The summed E-state index contributed by atoms with van der Waals surface area (Å²) in [5.74, 6) is 1.31. The van der Waals surface area contributed by atoms with Crippen molar-refractivity contribution in [1.29, 1.82) is 0 Å². The van der Waals surface area contributed by atoms with Crippen molar-refractivity contribution in [2.75, 3.05) is 14.2 Å². The second kappa shape index (κ2) is 7.13. The van der Waals surface area contributed by atoms with Crippen molar-refractivity contribution in [2.45, 2.75) is 6.04 Å². The van der Waals surface area contributed by atoms with Crippen molar-refractivity contribution in [1.82, 2.24) is 0 Å². The summed E-state index contributed by atoms with van der Waals surface area (Å²) in [4.78, 5) is 0. The second-order valence-electron chi connectivity index (χ2n) is 4.37. The molecule has 21 heavy (non-hydrogen) atoms. The maximum atomic E-state index is 6.42. The van der Waals surface area contributed by atoms with Crippen LogP contribution in [0.4, 0.5) is 0 Å². The highest BCUT2D eigenvalue weighted by atomic mass is 79.9. The van der Waals surface area contributed by atoms with Gasteiger partial charge in [-0.25, -0.2) is 0 Å². The largest absolute Gasteiger partial charge is 0.493 e. The molecule has 1 unspecified atom stereocenters. The van der Waals surface area contributed by atoms with Gasteiger partial charge in [0.2, 0.25) is 0 Å². The van der Waals surface area contributed by atoms with E-state index in [-0.39, 0.29) is 6.04 Å². The molecule has 6 heteroatoms. The number of methoxy groups -OCH3 is 2. The molecule has 112 valence electrons. The number of hydrogen-bond acceptors (Lipinski definition) is 3. The molecular formula is C15H14Br3NO2. The van der Waals surface area contributed by atoms with Crippen molar-refractivity contribution < 1.29 is 9.47 Å². The zero-order valence-corrected chi connectivity index (χ0v) is 16.2. The van der Waals surface area contributed by atoms with E-state index in [1.807, 2.05) is 30.3 Å². The van der Waals surface area contributed by atoms with Crippen molar-refractivity contribution in [3.05, 3.63) is 54.9 Å². The third-order valence-corrected chi connectivity index (χ3v) is 5.03. The van der Waals surface area contributed by atoms with Crippen molar-refractivity contribution in [3.8, 4) is 11.5 Å². The lowest BCUT2D eigenvalue weighted by Gasteiger charge is -2.19. The van der Waals surface area contributed by atoms with Gasteiger partial charge in [0.1, 0.15) is 0 Å². The topological polar surface area (TPSA) is 44.5 Å². The summed E-state index contributed by atoms with van der Waals surface area (Å²) in [6.45, 7) is 0. The van der Waals surface area contributed by atoms with Gasteiger partial charge in [-0.2, -0.15) is 0 Å². The van der Waals surface area contributed by atoms with Gasteiger partial charge in [-0.1, -0.05) is 47.8 Å². The highest BCUT2D eigenvalue weighted by Gasteiger charge is 2.18. The fourth-order valence-corrected chi connectivity index (χ4v) is 3.47. The van der Waals surface area contributed by atoms with E-state index < -0.39 is 0 Å². The number of hydrogen-bond donors (Lipinski definition) is 1. The monoisotopic (exact) mass is 477 g/mol. The van der Waals surface area contributed by atoms with Gasteiger partial charge < -0.3 is 15.2 Å². The number of ether oxygens (including phenoxy) is 2. The molecular weight excluding hydrogens is 466 g/mol. The van der Waals surface area contributed by atoms with Crippen molar-refractivity contribution in [2.24, 2.45) is 5.73 Å². The maximum Gasteiger partial charge on any atom is 0.161 e. The van der Waals surface area contributed by atoms with Crippen LogP contribution in [-0.2, 0) is 0 Å². The lowest BCUT2D eigenvalue weighted by Crippen LogP contribution is -2.13. The Morgan fingerprint density at radius 3 is 2.05 bits per heavy atom. The third-order valence-electron chi connectivity index (χ3n) is 3.13. The van der Waals surface area contributed by atoms with Crippen LogP contribution in [0.1, 0.15) is 17.2 Å². The quantitative estimate of drug-likeness (QED) is 0.668. The van der Waals surface area contributed by atoms with E-state index in [2.05, 4.69) is 47.8 Å². The van der Waals surface area contributed by atoms with Crippen LogP contribution in [0.25, 0.3) is 0 Å². The highest BCUT2D eigenvalue weighted by Crippen LogP contribution is 2.39. The van der Waals surface area contributed by atoms with Crippen LogP contribution in [0, 0.1) is 0 Å². The van der Waals surface area contributed by atoms with Crippen LogP contribution < -0.4 is 15.2 Å².